The van der Waals surface area contributed by atoms with Crippen LogP contribution in [-0.4, -0.2) is 32.2 Å². The first-order valence-corrected chi connectivity index (χ1v) is 6.84. The molecule has 0 amide bonds. The minimum atomic E-state index is 0. The van der Waals surface area contributed by atoms with E-state index in [1.165, 1.54) is 0 Å². The zero-order valence-corrected chi connectivity index (χ0v) is 15.1. The maximum absolute atomic E-state index is 5.90. The molecule has 0 fully saturated rings. The number of nitrogens with one attached hydrogen (secondary N) is 2. The van der Waals surface area contributed by atoms with Crippen molar-refractivity contribution in [2.24, 2.45) is 4.99 Å². The first kappa shape index (κ1) is 19.0. The number of ether oxygens (including phenoxy) is 1. The number of guanidine groups is 1. The smallest absolute Gasteiger partial charge is 0.191 e. The van der Waals surface area contributed by atoms with E-state index in [1.54, 1.807) is 7.05 Å². The van der Waals surface area contributed by atoms with Gasteiger partial charge in [-0.3, -0.25) is 4.99 Å². The lowest BCUT2D eigenvalue weighted by atomic mass is 10.2. The van der Waals surface area contributed by atoms with E-state index < -0.39 is 0 Å². The van der Waals surface area contributed by atoms with Crippen LogP contribution in [0.2, 0.25) is 0 Å². The molecule has 0 aromatic heterocycles. The van der Waals surface area contributed by atoms with Gasteiger partial charge in [0.05, 0.1) is 6.54 Å². The second-order valence-electron chi connectivity index (χ2n) is 4.57. The van der Waals surface area contributed by atoms with Crippen molar-refractivity contribution in [2.45, 2.75) is 33.3 Å². The van der Waals surface area contributed by atoms with Crippen LogP contribution in [0.5, 0.6) is 5.75 Å². The lowest BCUT2D eigenvalue weighted by molar-refractivity contribution is 0.222. The average Bonchev–Trinajstić information content (AvgIpc) is 2.41. The largest absolute Gasteiger partial charge is 0.489 e. The Labute approximate surface area is 139 Å². The molecule has 0 spiro atoms. The van der Waals surface area contributed by atoms with Gasteiger partial charge >= 0.3 is 0 Å². The van der Waals surface area contributed by atoms with Gasteiger partial charge in [0.25, 0.3) is 0 Å². The molecule has 0 aliphatic heterocycles. The van der Waals surface area contributed by atoms with Crippen LogP contribution in [0.15, 0.2) is 29.3 Å². The maximum atomic E-state index is 5.90. The Balaban J connectivity index is 0.00000361. The molecule has 2 N–H and O–H groups in total. The third kappa shape index (κ3) is 6.98. The van der Waals surface area contributed by atoms with Gasteiger partial charge in [0, 0.05) is 13.6 Å². The van der Waals surface area contributed by atoms with Crippen molar-refractivity contribution >= 4 is 29.9 Å². The SMILES string of the molecule is CCCNC(=NC)NCC(C)Oc1ccccc1C.I. The number of hydrogen-bond acceptors (Lipinski definition) is 2. The molecule has 0 heterocycles. The molecule has 0 radical (unpaired) electrons. The predicted molar refractivity (Wildman–Crippen MR) is 96.3 cm³/mol. The van der Waals surface area contributed by atoms with E-state index in [2.05, 4.69) is 35.5 Å². The number of hydrogen-bond donors (Lipinski definition) is 2. The Hall–Kier alpha value is -0.980. The molecular formula is C15H26IN3O. The Morgan fingerprint density at radius 2 is 2.00 bits per heavy atom. The van der Waals surface area contributed by atoms with E-state index in [0.717, 1.165) is 36.8 Å². The van der Waals surface area contributed by atoms with Crippen molar-refractivity contribution in [2.75, 3.05) is 20.1 Å². The van der Waals surface area contributed by atoms with Gasteiger partial charge in [0.2, 0.25) is 0 Å². The molecule has 1 unspecified atom stereocenters. The van der Waals surface area contributed by atoms with Crippen LogP contribution in [0.25, 0.3) is 0 Å². The highest BCUT2D eigenvalue weighted by molar-refractivity contribution is 14.0. The summed E-state index contributed by atoms with van der Waals surface area (Å²) in [6.45, 7) is 7.87. The standard InChI is InChI=1S/C15H25N3O.HI/c1-5-10-17-15(16-4)18-11-13(3)19-14-9-7-6-8-12(14)2;/h6-9,13H,5,10-11H2,1-4H3,(H2,16,17,18);1H. The van der Waals surface area contributed by atoms with Gasteiger partial charge in [0.15, 0.2) is 5.96 Å². The lowest BCUT2D eigenvalue weighted by Crippen LogP contribution is -2.42. The summed E-state index contributed by atoms with van der Waals surface area (Å²) >= 11 is 0. The number of benzene rings is 1. The minimum absolute atomic E-state index is 0. The molecule has 0 saturated heterocycles. The number of rotatable bonds is 6. The fourth-order valence-electron chi connectivity index (χ4n) is 1.65. The Morgan fingerprint density at radius 1 is 1.30 bits per heavy atom. The first-order valence-electron chi connectivity index (χ1n) is 6.84. The highest BCUT2D eigenvalue weighted by atomic mass is 127. The van der Waals surface area contributed by atoms with Crippen LogP contribution >= 0.6 is 24.0 Å². The normalized spacial score (nSPS) is 12.3. The van der Waals surface area contributed by atoms with E-state index in [4.69, 9.17) is 4.74 Å². The number of para-hydroxylation sites is 1. The summed E-state index contributed by atoms with van der Waals surface area (Å²) < 4.78 is 5.90. The van der Waals surface area contributed by atoms with E-state index in [9.17, 15) is 0 Å². The van der Waals surface area contributed by atoms with E-state index in [-0.39, 0.29) is 30.1 Å². The average molecular weight is 391 g/mol. The van der Waals surface area contributed by atoms with Gasteiger partial charge in [0.1, 0.15) is 11.9 Å². The van der Waals surface area contributed by atoms with Crippen LogP contribution in [0.1, 0.15) is 25.8 Å². The van der Waals surface area contributed by atoms with Crippen molar-refractivity contribution in [1.29, 1.82) is 0 Å². The summed E-state index contributed by atoms with van der Waals surface area (Å²) in [7, 11) is 1.78. The third-order valence-corrected chi connectivity index (χ3v) is 2.74. The molecule has 4 nitrogen and oxygen atoms in total. The van der Waals surface area contributed by atoms with Crippen LogP contribution in [0.3, 0.4) is 0 Å². The van der Waals surface area contributed by atoms with E-state index >= 15 is 0 Å². The number of halogens is 1. The highest BCUT2D eigenvalue weighted by Crippen LogP contribution is 2.17. The van der Waals surface area contributed by atoms with Crippen LogP contribution in [0.4, 0.5) is 0 Å². The summed E-state index contributed by atoms with van der Waals surface area (Å²) in [5.74, 6) is 1.76. The minimum Gasteiger partial charge on any atom is -0.489 e. The van der Waals surface area contributed by atoms with Crippen molar-refractivity contribution < 1.29 is 4.74 Å². The number of aliphatic imine (C=N–C) groups is 1. The molecule has 20 heavy (non-hydrogen) atoms. The quantitative estimate of drug-likeness (QED) is 0.445. The van der Waals surface area contributed by atoms with Crippen LogP contribution < -0.4 is 15.4 Å². The topological polar surface area (TPSA) is 45.7 Å². The van der Waals surface area contributed by atoms with Crippen molar-refractivity contribution in [3.05, 3.63) is 29.8 Å². The van der Waals surface area contributed by atoms with E-state index in [0.29, 0.717) is 0 Å². The van der Waals surface area contributed by atoms with Gasteiger partial charge in [-0.15, -0.1) is 24.0 Å². The summed E-state index contributed by atoms with van der Waals surface area (Å²) in [5.41, 5.74) is 1.16. The van der Waals surface area contributed by atoms with Gasteiger partial charge in [-0.2, -0.15) is 0 Å². The van der Waals surface area contributed by atoms with Gasteiger partial charge < -0.3 is 15.4 Å². The first-order chi connectivity index (χ1) is 9.17. The summed E-state index contributed by atoms with van der Waals surface area (Å²) in [6.07, 6.45) is 1.16. The van der Waals surface area contributed by atoms with Gasteiger partial charge in [-0.05, 0) is 31.9 Å². The fraction of sp³-hybridized carbons (Fsp3) is 0.533. The molecule has 0 bridgehead atoms. The molecular weight excluding hydrogens is 365 g/mol. The highest BCUT2D eigenvalue weighted by Gasteiger charge is 2.06. The third-order valence-electron chi connectivity index (χ3n) is 2.74. The molecule has 0 saturated carbocycles. The molecule has 5 heteroatoms. The monoisotopic (exact) mass is 391 g/mol. The second-order valence-corrected chi connectivity index (χ2v) is 4.57. The molecule has 0 aliphatic carbocycles. The Morgan fingerprint density at radius 3 is 2.60 bits per heavy atom. The van der Waals surface area contributed by atoms with Gasteiger partial charge in [-0.25, -0.2) is 0 Å². The predicted octanol–water partition coefficient (Wildman–Crippen LogP) is 2.96. The Bertz CT molecular complexity index is 410. The number of nitrogens with zero attached hydrogens (tertiary/aromatic N) is 1. The lowest BCUT2D eigenvalue weighted by Gasteiger charge is -2.18. The second kappa shape index (κ2) is 10.8. The molecule has 0 aliphatic rings. The van der Waals surface area contributed by atoms with Crippen LogP contribution in [0, 0.1) is 6.92 Å². The van der Waals surface area contributed by atoms with Crippen LogP contribution in [-0.2, 0) is 0 Å². The molecule has 1 rings (SSSR count). The summed E-state index contributed by atoms with van der Waals surface area (Å²) in [6, 6.07) is 8.05. The van der Waals surface area contributed by atoms with Crippen molar-refractivity contribution in [3.63, 3.8) is 0 Å². The van der Waals surface area contributed by atoms with E-state index in [1.807, 2.05) is 25.1 Å². The van der Waals surface area contributed by atoms with Gasteiger partial charge in [-0.1, -0.05) is 25.1 Å². The fourth-order valence-corrected chi connectivity index (χ4v) is 1.65. The Kier molecular flexibility index (Phi) is 10.2. The molecule has 1 atom stereocenters. The zero-order valence-electron chi connectivity index (χ0n) is 12.8. The molecule has 1 aromatic rings. The van der Waals surface area contributed by atoms with Crippen molar-refractivity contribution in [3.8, 4) is 5.75 Å². The molecule has 1 aromatic carbocycles. The molecule has 114 valence electrons. The summed E-state index contributed by atoms with van der Waals surface area (Å²) in [5, 5.41) is 6.49. The zero-order chi connectivity index (χ0) is 14.1. The van der Waals surface area contributed by atoms with Crippen molar-refractivity contribution in [1.82, 2.24) is 10.6 Å². The number of aryl methyl sites for hydroxylation is 1. The summed E-state index contributed by atoms with van der Waals surface area (Å²) in [4.78, 5) is 4.16. The maximum Gasteiger partial charge on any atom is 0.191 e.